The zero-order valence-electron chi connectivity index (χ0n) is 14.2. The Hall–Kier alpha value is -3.06. The summed E-state index contributed by atoms with van der Waals surface area (Å²) in [6, 6.07) is 5.70. The summed E-state index contributed by atoms with van der Waals surface area (Å²) in [7, 11) is 0. The predicted octanol–water partition coefficient (Wildman–Crippen LogP) is 2.05. The number of anilines is 1. The van der Waals surface area contributed by atoms with Crippen molar-refractivity contribution in [3.05, 3.63) is 57.9 Å². The van der Waals surface area contributed by atoms with Gasteiger partial charge in [0.2, 0.25) is 0 Å². The molecule has 0 aliphatic carbocycles. The highest BCUT2D eigenvalue weighted by Crippen LogP contribution is 2.24. The van der Waals surface area contributed by atoms with E-state index in [1.54, 1.807) is 6.07 Å². The van der Waals surface area contributed by atoms with Crippen molar-refractivity contribution in [1.29, 1.82) is 0 Å². The number of nitrogens with two attached hydrogens (primary N) is 2. The summed E-state index contributed by atoms with van der Waals surface area (Å²) < 4.78 is 0. The summed E-state index contributed by atoms with van der Waals surface area (Å²) in [6.07, 6.45) is 3.04. The summed E-state index contributed by atoms with van der Waals surface area (Å²) in [5.41, 5.74) is 11.7. The Morgan fingerprint density at radius 3 is 2.71 bits per heavy atom. The van der Waals surface area contributed by atoms with Crippen LogP contribution in [0.4, 0.5) is 11.4 Å². The molecule has 1 amide bonds. The molecular formula is C15H16Br2N8O3. The third-order valence-corrected chi connectivity index (χ3v) is 3.58. The molecule has 6 N–H and O–H groups in total. The maximum atomic E-state index is 12.5. The van der Waals surface area contributed by atoms with Crippen LogP contribution >= 0.6 is 34.0 Å². The van der Waals surface area contributed by atoms with Crippen molar-refractivity contribution in [2.24, 2.45) is 16.5 Å². The van der Waals surface area contributed by atoms with Gasteiger partial charge in [-0.3, -0.25) is 20.0 Å². The number of hydrogen-bond donors (Lipinski definition) is 4. The second kappa shape index (κ2) is 9.75. The summed E-state index contributed by atoms with van der Waals surface area (Å²) >= 11 is 0. The first kappa shape index (κ1) is 23.0. The summed E-state index contributed by atoms with van der Waals surface area (Å²) in [5, 5.41) is 21.2. The number of aromatic nitrogens is 3. The van der Waals surface area contributed by atoms with Crippen LogP contribution in [0.5, 0.6) is 0 Å². The van der Waals surface area contributed by atoms with E-state index in [2.05, 4.69) is 25.5 Å². The van der Waals surface area contributed by atoms with E-state index >= 15 is 0 Å². The van der Waals surface area contributed by atoms with Crippen molar-refractivity contribution < 1.29 is 9.72 Å². The Morgan fingerprint density at radius 1 is 1.29 bits per heavy atom. The normalized spacial score (nSPS) is 9.71. The van der Waals surface area contributed by atoms with Gasteiger partial charge in [-0.05, 0) is 18.2 Å². The largest absolute Gasteiger partial charge is 0.370 e. The van der Waals surface area contributed by atoms with Crippen LogP contribution in [0.15, 0.2) is 41.7 Å². The number of nitrogens with one attached hydrogen (secondary N) is 2. The lowest BCUT2D eigenvalue weighted by molar-refractivity contribution is -0.385. The number of aliphatic imine (C=N–C) groups is 1. The number of hydrogen-bond acceptors (Lipinski definition) is 6. The number of aromatic amines is 1. The molecule has 3 aromatic rings. The fourth-order valence-electron chi connectivity index (χ4n) is 2.34. The summed E-state index contributed by atoms with van der Waals surface area (Å²) in [5.74, 6) is -0.682. The first-order valence-electron chi connectivity index (χ1n) is 7.38. The molecule has 13 heteroatoms. The van der Waals surface area contributed by atoms with Crippen molar-refractivity contribution >= 4 is 68.2 Å². The number of guanidine groups is 1. The summed E-state index contributed by atoms with van der Waals surface area (Å²) in [6.45, 7) is -0.0550. The Balaban J connectivity index is 0.00000196. The van der Waals surface area contributed by atoms with E-state index in [-0.39, 0.29) is 57.7 Å². The highest BCUT2D eigenvalue weighted by Gasteiger charge is 2.18. The topological polar surface area (TPSA) is 178 Å². The molecule has 0 unspecified atom stereocenters. The van der Waals surface area contributed by atoms with Crippen LogP contribution in [0.3, 0.4) is 0 Å². The molecule has 0 radical (unpaired) electrons. The average molecular weight is 516 g/mol. The number of nitrogens with zero attached hydrogens (tertiary/aromatic N) is 4. The molecule has 0 bridgehead atoms. The van der Waals surface area contributed by atoms with Gasteiger partial charge in [0.1, 0.15) is 0 Å². The van der Waals surface area contributed by atoms with Crippen molar-refractivity contribution in [2.75, 3.05) is 5.32 Å². The molecule has 0 fully saturated rings. The van der Waals surface area contributed by atoms with Crippen molar-refractivity contribution in [3.63, 3.8) is 0 Å². The van der Waals surface area contributed by atoms with Crippen LogP contribution < -0.4 is 16.8 Å². The lowest BCUT2D eigenvalue weighted by atomic mass is 10.1. The van der Waals surface area contributed by atoms with Gasteiger partial charge in [-0.15, -0.1) is 34.0 Å². The molecule has 2 aromatic heterocycles. The predicted molar refractivity (Wildman–Crippen MR) is 115 cm³/mol. The van der Waals surface area contributed by atoms with Crippen molar-refractivity contribution in [2.45, 2.75) is 6.54 Å². The Labute approximate surface area is 179 Å². The lowest BCUT2D eigenvalue weighted by Gasteiger charge is -2.07. The van der Waals surface area contributed by atoms with Crippen LogP contribution in [0.25, 0.3) is 11.0 Å². The molecule has 0 saturated heterocycles. The molecule has 0 atom stereocenters. The Morgan fingerprint density at radius 2 is 2.04 bits per heavy atom. The third-order valence-electron chi connectivity index (χ3n) is 3.58. The fraction of sp³-hybridized carbons (Fsp3) is 0.0667. The van der Waals surface area contributed by atoms with Crippen LogP contribution in [0.1, 0.15) is 15.9 Å². The first-order valence-corrected chi connectivity index (χ1v) is 7.38. The van der Waals surface area contributed by atoms with Gasteiger partial charge in [-0.25, -0.2) is 9.98 Å². The van der Waals surface area contributed by atoms with Crippen LogP contribution in [-0.2, 0) is 6.54 Å². The zero-order chi connectivity index (χ0) is 18.7. The number of nitro benzene ring substituents is 1. The minimum absolute atomic E-state index is 0. The molecule has 28 heavy (non-hydrogen) atoms. The lowest BCUT2D eigenvalue weighted by Crippen LogP contribution is -2.22. The standard InChI is InChI=1S/C15H14N8O3.2BrH/c16-15(17)19-6-9-2-1-8(5-12(9)23(25)26)14(24)21-11-3-4-18-13-10(11)7-20-22-13;;/h1-5,7H,6H2,(H4,16,17,19)(H2,18,20,21,22,24);2*1H. The monoisotopic (exact) mass is 514 g/mol. The Kier molecular flexibility index (Phi) is 8.00. The van der Waals surface area contributed by atoms with Gasteiger partial charge in [0.05, 0.1) is 34.3 Å². The number of carbonyl (C=O) groups is 1. The second-order valence-corrected chi connectivity index (χ2v) is 5.29. The molecule has 11 nitrogen and oxygen atoms in total. The number of H-pyrrole nitrogens is 1. The van der Waals surface area contributed by atoms with Gasteiger partial charge in [-0.1, -0.05) is 0 Å². The minimum Gasteiger partial charge on any atom is -0.370 e. The summed E-state index contributed by atoms with van der Waals surface area (Å²) in [4.78, 5) is 31.0. The number of halogens is 2. The molecule has 0 aliphatic heterocycles. The second-order valence-electron chi connectivity index (χ2n) is 5.29. The third kappa shape index (κ3) is 5.01. The SMILES string of the molecule is Br.Br.NC(N)=NCc1ccc(C(=O)Nc2ccnc3[nH]ncc23)cc1[N+](=O)[O-]. The maximum absolute atomic E-state index is 12.5. The highest BCUT2D eigenvalue weighted by atomic mass is 79.9. The van der Waals surface area contributed by atoms with E-state index in [4.69, 9.17) is 11.5 Å². The molecular weight excluding hydrogens is 500 g/mol. The number of pyridine rings is 1. The quantitative estimate of drug-likeness (QED) is 0.174. The van der Waals surface area contributed by atoms with Gasteiger partial charge in [-0.2, -0.15) is 5.10 Å². The van der Waals surface area contributed by atoms with E-state index in [0.29, 0.717) is 22.3 Å². The number of rotatable bonds is 5. The van der Waals surface area contributed by atoms with Gasteiger partial charge in [0.15, 0.2) is 11.6 Å². The molecule has 0 saturated carbocycles. The van der Waals surface area contributed by atoms with Crippen LogP contribution in [-0.4, -0.2) is 32.0 Å². The molecule has 148 valence electrons. The van der Waals surface area contributed by atoms with Gasteiger partial charge < -0.3 is 16.8 Å². The fourth-order valence-corrected chi connectivity index (χ4v) is 2.34. The molecule has 0 aliphatic rings. The van der Waals surface area contributed by atoms with Gasteiger partial charge >= 0.3 is 0 Å². The van der Waals surface area contributed by atoms with E-state index in [9.17, 15) is 14.9 Å². The van der Waals surface area contributed by atoms with E-state index in [1.165, 1.54) is 30.6 Å². The molecule has 1 aromatic carbocycles. The highest BCUT2D eigenvalue weighted by molar-refractivity contribution is 8.93. The van der Waals surface area contributed by atoms with Crippen molar-refractivity contribution in [3.8, 4) is 0 Å². The molecule has 2 heterocycles. The number of benzene rings is 1. The molecule has 3 rings (SSSR count). The van der Waals surface area contributed by atoms with E-state index in [0.717, 1.165) is 0 Å². The number of carbonyl (C=O) groups excluding carboxylic acids is 1. The smallest absolute Gasteiger partial charge is 0.275 e. The van der Waals surface area contributed by atoms with E-state index < -0.39 is 10.8 Å². The minimum atomic E-state index is -0.588. The average Bonchev–Trinajstić information content (AvgIpc) is 3.09. The van der Waals surface area contributed by atoms with Crippen LogP contribution in [0.2, 0.25) is 0 Å². The van der Waals surface area contributed by atoms with E-state index in [1.807, 2.05) is 0 Å². The maximum Gasteiger partial charge on any atom is 0.275 e. The van der Waals surface area contributed by atoms with Gasteiger partial charge in [0, 0.05) is 17.8 Å². The first-order chi connectivity index (χ1) is 12.5. The zero-order valence-corrected chi connectivity index (χ0v) is 17.6. The molecule has 0 spiro atoms. The van der Waals surface area contributed by atoms with Gasteiger partial charge in [0.25, 0.3) is 11.6 Å². The number of fused-ring (bicyclic) bond motifs is 1. The van der Waals surface area contributed by atoms with Crippen LogP contribution in [0, 0.1) is 10.1 Å². The van der Waals surface area contributed by atoms with Crippen molar-refractivity contribution in [1.82, 2.24) is 15.2 Å². The Bertz CT molecular complexity index is 1030. The number of amides is 1. The number of nitro groups is 1.